The molecule has 29 heavy (non-hydrogen) atoms. The van der Waals surface area contributed by atoms with Crippen molar-refractivity contribution >= 4 is 22.7 Å². The monoisotopic (exact) mass is 383 g/mol. The van der Waals surface area contributed by atoms with E-state index in [0.717, 1.165) is 22.5 Å². The van der Waals surface area contributed by atoms with Crippen LogP contribution < -0.4 is 5.32 Å². The largest absolute Gasteiger partial charge is 0.338 e. The first kappa shape index (κ1) is 16.9. The number of hydrogen-bond donors (Lipinski definition) is 2. The molecule has 0 aliphatic heterocycles. The second kappa shape index (κ2) is 7.08. The predicted octanol–water partition coefficient (Wildman–Crippen LogP) is 4.36. The van der Waals surface area contributed by atoms with Crippen molar-refractivity contribution in [1.82, 2.24) is 29.9 Å². The van der Waals surface area contributed by atoms with E-state index >= 15 is 0 Å². The fourth-order valence-electron chi connectivity index (χ4n) is 2.96. The molecule has 140 valence electrons. The fraction of sp³-hybridized carbons (Fsp3) is 0. The molecule has 0 saturated carbocycles. The SMILES string of the molecule is Fc1cc2[nH]c(-c3cccc(Nc4ncc(-c5ccccn5)cn4)c3)nc2cn1. The van der Waals surface area contributed by atoms with Crippen LogP contribution in [0.5, 0.6) is 0 Å². The van der Waals surface area contributed by atoms with Crippen molar-refractivity contribution in [3.63, 3.8) is 0 Å². The summed E-state index contributed by atoms with van der Waals surface area (Å²) in [5, 5.41) is 3.18. The van der Waals surface area contributed by atoms with Crippen LogP contribution in [0.4, 0.5) is 16.0 Å². The Kier molecular flexibility index (Phi) is 4.14. The quantitative estimate of drug-likeness (QED) is 0.448. The lowest BCUT2D eigenvalue weighted by molar-refractivity contribution is 0.586. The summed E-state index contributed by atoms with van der Waals surface area (Å²) in [6, 6.07) is 14.6. The van der Waals surface area contributed by atoms with E-state index in [1.165, 1.54) is 12.3 Å². The Labute approximate surface area is 164 Å². The topological polar surface area (TPSA) is 92.3 Å². The molecule has 2 N–H and O–H groups in total. The number of pyridine rings is 2. The molecule has 4 heterocycles. The minimum atomic E-state index is -0.547. The number of nitrogens with one attached hydrogen (secondary N) is 2. The number of fused-ring (bicyclic) bond motifs is 1. The van der Waals surface area contributed by atoms with Crippen molar-refractivity contribution in [2.45, 2.75) is 0 Å². The lowest BCUT2D eigenvalue weighted by atomic mass is 10.2. The molecule has 0 unspecified atom stereocenters. The lowest BCUT2D eigenvalue weighted by Crippen LogP contribution is -1.97. The van der Waals surface area contributed by atoms with Crippen LogP contribution in [0.2, 0.25) is 0 Å². The molecule has 0 fully saturated rings. The van der Waals surface area contributed by atoms with E-state index in [-0.39, 0.29) is 0 Å². The summed E-state index contributed by atoms with van der Waals surface area (Å²) in [6.45, 7) is 0. The van der Waals surface area contributed by atoms with Crippen LogP contribution in [0.25, 0.3) is 33.7 Å². The third-order valence-corrected chi connectivity index (χ3v) is 4.34. The normalized spacial score (nSPS) is 10.9. The highest BCUT2D eigenvalue weighted by Gasteiger charge is 2.08. The van der Waals surface area contributed by atoms with Crippen molar-refractivity contribution in [3.8, 4) is 22.6 Å². The minimum Gasteiger partial charge on any atom is -0.338 e. The highest BCUT2D eigenvalue weighted by atomic mass is 19.1. The molecule has 0 amide bonds. The average molecular weight is 383 g/mol. The molecular formula is C21H14FN7. The van der Waals surface area contributed by atoms with Gasteiger partial charge in [-0.1, -0.05) is 18.2 Å². The van der Waals surface area contributed by atoms with Crippen LogP contribution in [0.15, 0.2) is 73.3 Å². The average Bonchev–Trinajstić information content (AvgIpc) is 3.18. The number of anilines is 2. The lowest BCUT2D eigenvalue weighted by Gasteiger charge is -2.07. The molecule has 0 aliphatic rings. The van der Waals surface area contributed by atoms with Crippen LogP contribution in [0.1, 0.15) is 0 Å². The van der Waals surface area contributed by atoms with E-state index in [1.807, 2.05) is 42.5 Å². The van der Waals surface area contributed by atoms with Gasteiger partial charge in [-0.3, -0.25) is 4.98 Å². The zero-order chi connectivity index (χ0) is 19.6. The molecule has 4 aromatic heterocycles. The van der Waals surface area contributed by atoms with Crippen LogP contribution in [0, 0.1) is 5.95 Å². The van der Waals surface area contributed by atoms with Gasteiger partial charge in [-0.05, 0) is 24.3 Å². The first-order valence-electron chi connectivity index (χ1n) is 8.87. The predicted molar refractivity (Wildman–Crippen MR) is 108 cm³/mol. The number of benzene rings is 1. The van der Waals surface area contributed by atoms with Crippen LogP contribution in [0.3, 0.4) is 0 Å². The van der Waals surface area contributed by atoms with E-state index in [9.17, 15) is 4.39 Å². The number of aromatic amines is 1. The van der Waals surface area contributed by atoms with Gasteiger partial charge in [0.25, 0.3) is 0 Å². The second-order valence-electron chi connectivity index (χ2n) is 6.33. The molecule has 0 spiro atoms. The van der Waals surface area contributed by atoms with Crippen molar-refractivity contribution < 1.29 is 4.39 Å². The van der Waals surface area contributed by atoms with Gasteiger partial charge in [-0.25, -0.2) is 19.9 Å². The number of hydrogen-bond acceptors (Lipinski definition) is 6. The highest BCUT2D eigenvalue weighted by molar-refractivity contribution is 5.79. The zero-order valence-electron chi connectivity index (χ0n) is 15.0. The fourth-order valence-corrected chi connectivity index (χ4v) is 2.96. The van der Waals surface area contributed by atoms with E-state index < -0.39 is 5.95 Å². The summed E-state index contributed by atoms with van der Waals surface area (Å²) in [5.74, 6) is 0.551. The van der Waals surface area contributed by atoms with Gasteiger partial charge in [0.2, 0.25) is 11.9 Å². The van der Waals surface area contributed by atoms with Gasteiger partial charge in [-0.15, -0.1) is 0 Å². The smallest absolute Gasteiger partial charge is 0.227 e. The van der Waals surface area contributed by atoms with Crippen LogP contribution >= 0.6 is 0 Å². The standard InChI is InChI=1S/C21H14FN7/c22-19-9-17-18(12-24-19)29-20(28-17)13-4-3-5-15(8-13)27-21-25-10-14(11-26-21)16-6-1-2-7-23-16/h1-12H,(H,28,29)(H,25,26,27). The molecule has 1 aromatic carbocycles. The Balaban J connectivity index is 1.39. The molecular weight excluding hydrogens is 369 g/mol. The molecule has 5 rings (SSSR count). The van der Waals surface area contributed by atoms with Gasteiger partial charge in [0.05, 0.1) is 17.4 Å². The molecule has 7 nitrogen and oxygen atoms in total. The minimum absolute atomic E-state index is 0.470. The zero-order valence-corrected chi connectivity index (χ0v) is 15.0. The highest BCUT2D eigenvalue weighted by Crippen LogP contribution is 2.24. The number of H-pyrrole nitrogens is 1. The van der Waals surface area contributed by atoms with Crippen molar-refractivity contribution in [1.29, 1.82) is 0 Å². The third kappa shape index (κ3) is 3.51. The van der Waals surface area contributed by atoms with E-state index in [1.54, 1.807) is 18.6 Å². The van der Waals surface area contributed by atoms with E-state index in [2.05, 4.69) is 35.2 Å². The van der Waals surface area contributed by atoms with E-state index in [0.29, 0.717) is 22.8 Å². The van der Waals surface area contributed by atoms with Crippen molar-refractivity contribution in [2.75, 3.05) is 5.32 Å². The van der Waals surface area contributed by atoms with Crippen molar-refractivity contribution in [2.24, 2.45) is 0 Å². The first-order valence-corrected chi connectivity index (χ1v) is 8.87. The van der Waals surface area contributed by atoms with Gasteiger partial charge in [0, 0.05) is 41.5 Å². The van der Waals surface area contributed by atoms with Gasteiger partial charge >= 0.3 is 0 Å². The Morgan fingerprint density at radius 2 is 1.72 bits per heavy atom. The van der Waals surface area contributed by atoms with Crippen LogP contribution in [-0.4, -0.2) is 29.9 Å². The number of halogens is 1. The van der Waals surface area contributed by atoms with Gasteiger partial charge in [0.15, 0.2) is 0 Å². The second-order valence-corrected chi connectivity index (χ2v) is 6.33. The van der Waals surface area contributed by atoms with Gasteiger partial charge in [0.1, 0.15) is 11.3 Å². The number of rotatable bonds is 4. The summed E-state index contributed by atoms with van der Waals surface area (Å²) in [7, 11) is 0. The molecule has 0 atom stereocenters. The summed E-state index contributed by atoms with van der Waals surface area (Å²) >= 11 is 0. The Bertz CT molecular complexity index is 1280. The first-order chi connectivity index (χ1) is 14.2. The Hall–Kier alpha value is -4.20. The third-order valence-electron chi connectivity index (χ3n) is 4.34. The molecule has 0 aliphatic carbocycles. The van der Waals surface area contributed by atoms with Crippen molar-refractivity contribution in [3.05, 3.63) is 79.3 Å². The Morgan fingerprint density at radius 3 is 2.55 bits per heavy atom. The molecule has 8 heteroatoms. The maximum atomic E-state index is 13.3. The maximum Gasteiger partial charge on any atom is 0.227 e. The number of aromatic nitrogens is 6. The molecule has 5 aromatic rings. The summed E-state index contributed by atoms with van der Waals surface area (Å²) in [4.78, 5) is 24.2. The molecule has 0 radical (unpaired) electrons. The molecule has 0 bridgehead atoms. The summed E-state index contributed by atoms with van der Waals surface area (Å²) < 4.78 is 13.3. The van der Waals surface area contributed by atoms with Crippen LogP contribution in [-0.2, 0) is 0 Å². The van der Waals surface area contributed by atoms with E-state index in [4.69, 9.17) is 0 Å². The number of nitrogens with zero attached hydrogens (tertiary/aromatic N) is 5. The number of imidazole rings is 1. The summed E-state index contributed by atoms with van der Waals surface area (Å²) in [5.41, 5.74) is 4.51. The van der Waals surface area contributed by atoms with Gasteiger partial charge in [-0.2, -0.15) is 4.39 Å². The Morgan fingerprint density at radius 1 is 0.828 bits per heavy atom. The van der Waals surface area contributed by atoms with Gasteiger partial charge < -0.3 is 10.3 Å². The molecule has 0 saturated heterocycles. The maximum absolute atomic E-state index is 13.3. The summed E-state index contributed by atoms with van der Waals surface area (Å²) in [6.07, 6.45) is 6.59.